The summed E-state index contributed by atoms with van der Waals surface area (Å²) in [6, 6.07) is 19.1. The van der Waals surface area contributed by atoms with E-state index < -0.39 is 41.6 Å². The van der Waals surface area contributed by atoms with E-state index in [2.05, 4.69) is 10.1 Å². The second-order valence-electron chi connectivity index (χ2n) is 11.3. The highest BCUT2D eigenvalue weighted by Gasteiger charge is 2.31. The van der Waals surface area contributed by atoms with Crippen LogP contribution >= 0.6 is 0 Å². The van der Waals surface area contributed by atoms with Crippen molar-refractivity contribution in [3.8, 4) is 22.3 Å². The molecule has 2 atom stereocenters. The molecule has 248 valence electrons. The van der Waals surface area contributed by atoms with E-state index in [9.17, 15) is 37.4 Å². The summed E-state index contributed by atoms with van der Waals surface area (Å²) in [7, 11) is 1.19. The fourth-order valence-corrected chi connectivity index (χ4v) is 5.37. The molecule has 0 spiro atoms. The number of ether oxygens (including phenoxy) is 1. The molecule has 0 radical (unpaired) electrons. The predicted molar refractivity (Wildman–Crippen MR) is 171 cm³/mol. The second-order valence-corrected chi connectivity index (χ2v) is 11.3. The zero-order valence-electron chi connectivity index (χ0n) is 26.1. The Hall–Kier alpha value is -4.74. The van der Waals surface area contributed by atoms with Gasteiger partial charge < -0.3 is 24.8 Å². The fraction of sp³-hybridized carbons (Fsp3) is 0.278. The van der Waals surface area contributed by atoms with Crippen molar-refractivity contribution in [3.05, 3.63) is 113 Å². The van der Waals surface area contributed by atoms with Crippen molar-refractivity contribution in [2.24, 2.45) is 0 Å². The Kier molecular flexibility index (Phi) is 11.4. The number of benzene rings is 3. The molecule has 0 aliphatic heterocycles. The summed E-state index contributed by atoms with van der Waals surface area (Å²) >= 11 is 0. The first-order valence-corrected chi connectivity index (χ1v) is 14.9. The van der Waals surface area contributed by atoms with Crippen LogP contribution in [0.5, 0.6) is 0 Å². The number of aromatic nitrogens is 1. The van der Waals surface area contributed by atoms with Gasteiger partial charge in [-0.3, -0.25) is 9.59 Å². The first-order valence-electron chi connectivity index (χ1n) is 14.9. The minimum absolute atomic E-state index is 0.171. The third-order valence-electron chi connectivity index (χ3n) is 7.50. The Labute approximate surface area is 270 Å². The van der Waals surface area contributed by atoms with Crippen molar-refractivity contribution in [1.82, 2.24) is 9.88 Å². The number of halogens is 4. The molecule has 0 bridgehead atoms. The van der Waals surface area contributed by atoms with E-state index in [1.807, 2.05) is 32.0 Å². The monoisotopic (exact) mass is 652 g/mol. The Balaban J connectivity index is 1.87. The van der Waals surface area contributed by atoms with Crippen LogP contribution in [0.4, 0.5) is 17.6 Å². The van der Waals surface area contributed by atoms with E-state index in [1.165, 1.54) is 37.5 Å². The average molecular weight is 653 g/mol. The number of rotatable bonds is 12. The van der Waals surface area contributed by atoms with Crippen LogP contribution in [0.25, 0.3) is 28.3 Å². The van der Waals surface area contributed by atoms with Gasteiger partial charge in [0.15, 0.2) is 0 Å². The van der Waals surface area contributed by atoms with Crippen molar-refractivity contribution in [1.29, 1.82) is 0 Å². The van der Waals surface area contributed by atoms with Crippen LogP contribution in [0.1, 0.15) is 60.0 Å². The quantitative estimate of drug-likeness (QED) is 0.111. The number of aliphatic hydroxyl groups is 2. The van der Waals surface area contributed by atoms with Gasteiger partial charge in [0.1, 0.15) is 11.5 Å². The molecule has 0 saturated heterocycles. The third-order valence-corrected chi connectivity index (χ3v) is 7.50. The number of carbonyl (C=O) groups excluding carboxylic acids is 2. The van der Waals surface area contributed by atoms with Crippen LogP contribution in [-0.2, 0) is 22.3 Å². The normalized spacial score (nSPS) is 13.1. The van der Waals surface area contributed by atoms with Gasteiger partial charge in [-0.1, -0.05) is 60.7 Å². The number of carbonyl (C=O) groups is 2. The molecule has 47 heavy (non-hydrogen) atoms. The summed E-state index contributed by atoms with van der Waals surface area (Å²) < 4.78 is 60.4. The molecule has 1 heterocycles. The predicted octanol–water partition coefficient (Wildman–Crippen LogP) is 7.18. The lowest BCUT2D eigenvalue weighted by atomic mass is 9.94. The van der Waals surface area contributed by atoms with Gasteiger partial charge in [-0.2, -0.15) is 13.2 Å². The molecule has 4 aromatic rings. The molecular weight excluding hydrogens is 616 g/mol. The summed E-state index contributed by atoms with van der Waals surface area (Å²) in [5.41, 5.74) is 2.37. The molecule has 0 aliphatic carbocycles. The number of aliphatic hydroxyl groups excluding tert-OH is 2. The van der Waals surface area contributed by atoms with E-state index in [1.54, 1.807) is 34.9 Å². The van der Waals surface area contributed by atoms with E-state index >= 15 is 0 Å². The number of nitrogens with zero attached hydrogens (tertiary/aromatic N) is 1. The largest absolute Gasteiger partial charge is 0.469 e. The first kappa shape index (κ1) is 35.1. The molecule has 0 saturated carbocycles. The zero-order valence-corrected chi connectivity index (χ0v) is 26.1. The van der Waals surface area contributed by atoms with Gasteiger partial charge in [0.05, 0.1) is 31.3 Å². The van der Waals surface area contributed by atoms with Crippen molar-refractivity contribution in [3.63, 3.8) is 0 Å². The van der Waals surface area contributed by atoms with Gasteiger partial charge in [0.25, 0.3) is 5.91 Å². The lowest BCUT2D eigenvalue weighted by Gasteiger charge is -2.17. The van der Waals surface area contributed by atoms with E-state index in [-0.39, 0.29) is 36.7 Å². The fourth-order valence-electron chi connectivity index (χ4n) is 5.37. The van der Waals surface area contributed by atoms with Gasteiger partial charge in [-0.05, 0) is 60.9 Å². The Morgan fingerprint density at radius 2 is 1.60 bits per heavy atom. The Morgan fingerprint density at radius 3 is 2.21 bits per heavy atom. The first-order chi connectivity index (χ1) is 22.3. The molecule has 1 aromatic heterocycles. The van der Waals surface area contributed by atoms with Crippen molar-refractivity contribution >= 4 is 18.0 Å². The van der Waals surface area contributed by atoms with Crippen molar-refractivity contribution in [2.45, 2.75) is 57.7 Å². The van der Waals surface area contributed by atoms with Crippen LogP contribution in [0.2, 0.25) is 0 Å². The number of methoxy groups -OCH3 is 1. The number of hydrogen-bond donors (Lipinski definition) is 3. The smallest absolute Gasteiger partial charge is 0.416 e. The maximum absolute atomic E-state index is 14.1. The van der Waals surface area contributed by atoms with Crippen molar-refractivity contribution in [2.75, 3.05) is 7.11 Å². The van der Waals surface area contributed by atoms with Gasteiger partial charge >= 0.3 is 12.1 Å². The summed E-state index contributed by atoms with van der Waals surface area (Å²) in [6.07, 6.45) is -4.35. The summed E-state index contributed by atoms with van der Waals surface area (Å²) in [5.74, 6) is -1.66. The highest BCUT2D eigenvalue weighted by atomic mass is 19.4. The highest BCUT2D eigenvalue weighted by molar-refractivity contribution is 6.06. The van der Waals surface area contributed by atoms with Crippen LogP contribution in [0.15, 0.2) is 84.9 Å². The highest BCUT2D eigenvalue weighted by Crippen LogP contribution is 2.42. The lowest BCUT2D eigenvalue weighted by Crippen LogP contribution is -2.27. The number of hydrogen-bond acceptors (Lipinski definition) is 5. The van der Waals surface area contributed by atoms with Gasteiger partial charge in [0, 0.05) is 35.8 Å². The van der Waals surface area contributed by atoms with E-state index in [0.29, 0.717) is 27.9 Å². The number of esters is 1. The molecule has 0 fully saturated rings. The summed E-state index contributed by atoms with van der Waals surface area (Å²) in [4.78, 5) is 25.7. The molecule has 1 amide bonds. The molecule has 7 nitrogen and oxygen atoms in total. The molecule has 0 aliphatic rings. The molecule has 3 aromatic carbocycles. The second kappa shape index (κ2) is 15.2. The summed E-state index contributed by atoms with van der Waals surface area (Å²) in [5, 5.41) is 23.8. The molecule has 4 rings (SSSR count). The van der Waals surface area contributed by atoms with Gasteiger partial charge in [-0.15, -0.1) is 0 Å². The summed E-state index contributed by atoms with van der Waals surface area (Å²) in [6.45, 7) is 3.51. The Bertz CT molecular complexity index is 1710. The minimum atomic E-state index is -4.54. The Morgan fingerprint density at radius 1 is 0.936 bits per heavy atom. The molecule has 0 unspecified atom stereocenters. The van der Waals surface area contributed by atoms with Crippen LogP contribution in [0, 0.1) is 5.82 Å². The van der Waals surface area contributed by atoms with Gasteiger partial charge in [-0.25, -0.2) is 4.39 Å². The van der Waals surface area contributed by atoms with Crippen molar-refractivity contribution < 1.29 is 42.1 Å². The maximum atomic E-state index is 14.1. The SMILES string of the molecule is COC(=O)C[C@H](O)C[C@H](O)/C=C/c1c(-c2ccc(F)cc2)c(-c2ccccc2)c(C(=O)NCc2cccc(C(F)(F)F)c2)n1C(C)C. The number of alkyl halides is 3. The minimum Gasteiger partial charge on any atom is -0.469 e. The molecule has 11 heteroatoms. The third kappa shape index (κ3) is 8.75. The zero-order chi connectivity index (χ0) is 34.3. The number of nitrogens with one attached hydrogen (secondary N) is 1. The lowest BCUT2D eigenvalue weighted by molar-refractivity contribution is -0.143. The number of amides is 1. The van der Waals surface area contributed by atoms with Crippen LogP contribution < -0.4 is 5.32 Å². The topological polar surface area (TPSA) is 101 Å². The van der Waals surface area contributed by atoms with Crippen LogP contribution in [-0.4, -0.2) is 46.0 Å². The van der Waals surface area contributed by atoms with E-state index in [4.69, 9.17) is 0 Å². The molecular formula is C36H36F4N2O5. The maximum Gasteiger partial charge on any atom is 0.416 e. The average Bonchev–Trinajstić information content (AvgIpc) is 3.38. The molecule has 3 N–H and O–H groups in total. The van der Waals surface area contributed by atoms with Gasteiger partial charge in [0.2, 0.25) is 0 Å². The van der Waals surface area contributed by atoms with Crippen LogP contribution in [0.3, 0.4) is 0 Å². The standard InChI is InChI=1S/C36H36F4N2O5/c1-22(2)42-30(17-16-28(43)19-29(44)20-31(45)47-3)32(25-12-14-27(37)15-13-25)33(24-9-5-4-6-10-24)34(42)35(46)41-21-23-8-7-11-26(18-23)36(38,39)40/h4-18,22,28-29,43-44H,19-21H2,1-3H3,(H,41,46)/b17-16+/t28-,29-/m1/s1. The van der Waals surface area contributed by atoms with E-state index in [0.717, 1.165) is 12.1 Å².